The molecule has 0 aromatic heterocycles. The zero-order chi connectivity index (χ0) is 15.2. The summed E-state index contributed by atoms with van der Waals surface area (Å²) in [4.78, 5) is 14.3. The van der Waals surface area contributed by atoms with E-state index in [0.29, 0.717) is 17.4 Å². The molecule has 1 N–H and O–H groups in total. The lowest BCUT2D eigenvalue weighted by Gasteiger charge is -2.38. The van der Waals surface area contributed by atoms with Gasteiger partial charge in [-0.3, -0.25) is 4.79 Å². The van der Waals surface area contributed by atoms with Crippen LogP contribution in [0.5, 0.6) is 11.5 Å². The topological polar surface area (TPSA) is 50.8 Å². The Kier molecular flexibility index (Phi) is 5.44. The van der Waals surface area contributed by atoms with Gasteiger partial charge in [0, 0.05) is 25.7 Å². The molecule has 5 nitrogen and oxygen atoms in total. The third-order valence-electron chi connectivity index (χ3n) is 3.79. The molecule has 1 aliphatic heterocycles. The highest BCUT2D eigenvalue weighted by Gasteiger charge is 2.28. The number of nitrogens with one attached hydrogen (secondary N) is 1. The van der Waals surface area contributed by atoms with Gasteiger partial charge in [-0.2, -0.15) is 0 Å². The maximum absolute atomic E-state index is 12.4. The van der Waals surface area contributed by atoms with Crippen molar-refractivity contribution in [3.63, 3.8) is 0 Å². The van der Waals surface area contributed by atoms with Crippen LogP contribution >= 0.6 is 0 Å². The number of carbonyl (C=O) groups excluding carboxylic acids is 1. The van der Waals surface area contributed by atoms with E-state index in [9.17, 15) is 4.79 Å². The highest BCUT2D eigenvalue weighted by atomic mass is 16.5. The van der Waals surface area contributed by atoms with E-state index in [1.165, 1.54) is 0 Å². The first-order chi connectivity index (χ1) is 10.1. The summed E-state index contributed by atoms with van der Waals surface area (Å²) in [5, 5.41) is 3.34. The molecule has 0 aliphatic carbocycles. The fourth-order valence-corrected chi connectivity index (χ4v) is 2.59. The monoisotopic (exact) mass is 292 g/mol. The Hall–Kier alpha value is -1.75. The quantitative estimate of drug-likeness (QED) is 0.894. The predicted octanol–water partition coefficient (Wildman–Crippen LogP) is 1.53. The molecule has 1 aromatic rings. The SMILES string of the molecule is COc1ccccc1OCC(=O)N1CCNCC1C(C)C. The molecular formula is C16H24N2O3. The lowest BCUT2D eigenvalue weighted by molar-refractivity contribution is -0.137. The summed E-state index contributed by atoms with van der Waals surface area (Å²) in [6.45, 7) is 6.74. The van der Waals surface area contributed by atoms with E-state index in [4.69, 9.17) is 9.47 Å². The minimum Gasteiger partial charge on any atom is -0.493 e. The molecule has 1 amide bonds. The van der Waals surface area contributed by atoms with Crippen molar-refractivity contribution in [3.8, 4) is 11.5 Å². The van der Waals surface area contributed by atoms with Crippen molar-refractivity contribution in [2.24, 2.45) is 5.92 Å². The van der Waals surface area contributed by atoms with Crippen molar-refractivity contribution in [1.29, 1.82) is 0 Å². The summed E-state index contributed by atoms with van der Waals surface area (Å²) in [5.41, 5.74) is 0. The van der Waals surface area contributed by atoms with Crippen LogP contribution in [0.3, 0.4) is 0 Å². The van der Waals surface area contributed by atoms with Crippen molar-refractivity contribution < 1.29 is 14.3 Å². The summed E-state index contributed by atoms with van der Waals surface area (Å²) in [5.74, 6) is 1.70. The van der Waals surface area contributed by atoms with Gasteiger partial charge in [-0.05, 0) is 18.1 Å². The number of piperazine rings is 1. The molecule has 1 aromatic carbocycles. The molecular weight excluding hydrogens is 268 g/mol. The fourth-order valence-electron chi connectivity index (χ4n) is 2.59. The van der Waals surface area contributed by atoms with E-state index in [1.54, 1.807) is 7.11 Å². The largest absolute Gasteiger partial charge is 0.493 e. The maximum Gasteiger partial charge on any atom is 0.260 e. The molecule has 1 heterocycles. The van der Waals surface area contributed by atoms with Crippen LogP contribution in [0.25, 0.3) is 0 Å². The lowest BCUT2D eigenvalue weighted by Crippen LogP contribution is -2.56. The van der Waals surface area contributed by atoms with Crippen LogP contribution in [0.15, 0.2) is 24.3 Å². The van der Waals surface area contributed by atoms with Crippen LogP contribution < -0.4 is 14.8 Å². The summed E-state index contributed by atoms with van der Waals surface area (Å²) in [6, 6.07) is 7.60. The van der Waals surface area contributed by atoms with Gasteiger partial charge in [-0.15, -0.1) is 0 Å². The first-order valence-electron chi connectivity index (χ1n) is 7.39. The Morgan fingerprint density at radius 1 is 1.38 bits per heavy atom. The van der Waals surface area contributed by atoms with Gasteiger partial charge in [0.05, 0.1) is 7.11 Å². The molecule has 1 unspecified atom stereocenters. The molecule has 0 saturated carbocycles. The summed E-state index contributed by atoms with van der Waals surface area (Å²) >= 11 is 0. The van der Waals surface area contributed by atoms with E-state index in [-0.39, 0.29) is 18.6 Å². The molecule has 21 heavy (non-hydrogen) atoms. The van der Waals surface area contributed by atoms with Crippen LogP contribution in [0, 0.1) is 5.92 Å². The van der Waals surface area contributed by atoms with E-state index < -0.39 is 0 Å². The number of rotatable bonds is 5. The van der Waals surface area contributed by atoms with Crippen molar-refractivity contribution in [2.75, 3.05) is 33.4 Å². The standard InChI is InChI=1S/C16H24N2O3/c1-12(2)13-10-17-8-9-18(13)16(19)11-21-15-7-5-4-6-14(15)20-3/h4-7,12-13,17H,8-11H2,1-3H3. The molecule has 1 aliphatic rings. The highest BCUT2D eigenvalue weighted by molar-refractivity contribution is 5.78. The fraction of sp³-hybridized carbons (Fsp3) is 0.562. The van der Waals surface area contributed by atoms with Gasteiger partial charge in [0.2, 0.25) is 0 Å². The number of hydrogen-bond acceptors (Lipinski definition) is 4. The molecule has 0 bridgehead atoms. The van der Waals surface area contributed by atoms with Gasteiger partial charge in [0.15, 0.2) is 18.1 Å². The van der Waals surface area contributed by atoms with Gasteiger partial charge in [0.25, 0.3) is 5.91 Å². The molecule has 1 atom stereocenters. The minimum atomic E-state index is 0.0288. The zero-order valence-corrected chi connectivity index (χ0v) is 13.0. The number of amides is 1. The smallest absolute Gasteiger partial charge is 0.260 e. The number of ether oxygens (including phenoxy) is 2. The average Bonchev–Trinajstić information content (AvgIpc) is 2.52. The van der Waals surface area contributed by atoms with Crippen molar-refractivity contribution >= 4 is 5.91 Å². The van der Waals surface area contributed by atoms with E-state index in [1.807, 2.05) is 29.2 Å². The third kappa shape index (κ3) is 3.88. The summed E-state index contributed by atoms with van der Waals surface area (Å²) in [6.07, 6.45) is 0. The van der Waals surface area contributed by atoms with Gasteiger partial charge in [0.1, 0.15) is 0 Å². The van der Waals surface area contributed by atoms with Crippen molar-refractivity contribution in [3.05, 3.63) is 24.3 Å². The summed E-state index contributed by atoms with van der Waals surface area (Å²) in [7, 11) is 1.59. The normalized spacial score (nSPS) is 18.7. The van der Waals surface area contributed by atoms with Gasteiger partial charge in [-0.25, -0.2) is 0 Å². The first-order valence-corrected chi connectivity index (χ1v) is 7.39. The molecule has 0 spiro atoms. The van der Waals surface area contributed by atoms with Gasteiger partial charge in [-0.1, -0.05) is 26.0 Å². The van der Waals surface area contributed by atoms with Crippen LogP contribution in [-0.2, 0) is 4.79 Å². The molecule has 2 rings (SSSR count). The molecule has 116 valence electrons. The second-order valence-electron chi connectivity index (χ2n) is 5.54. The first kappa shape index (κ1) is 15.6. The highest BCUT2D eigenvalue weighted by Crippen LogP contribution is 2.25. The molecule has 1 fully saturated rings. The van der Waals surface area contributed by atoms with Crippen LogP contribution in [0.1, 0.15) is 13.8 Å². The Balaban J connectivity index is 1.97. The predicted molar refractivity (Wildman–Crippen MR) is 81.7 cm³/mol. The van der Waals surface area contributed by atoms with E-state index in [2.05, 4.69) is 19.2 Å². The van der Waals surface area contributed by atoms with E-state index >= 15 is 0 Å². The molecule has 1 saturated heterocycles. The number of benzene rings is 1. The van der Waals surface area contributed by atoms with Gasteiger partial charge >= 0.3 is 0 Å². The second kappa shape index (κ2) is 7.31. The summed E-state index contributed by atoms with van der Waals surface area (Å²) < 4.78 is 10.9. The molecule has 5 heteroatoms. The lowest BCUT2D eigenvalue weighted by atomic mass is 10.0. The third-order valence-corrected chi connectivity index (χ3v) is 3.79. The number of methoxy groups -OCH3 is 1. The maximum atomic E-state index is 12.4. The van der Waals surface area contributed by atoms with Crippen molar-refractivity contribution in [2.45, 2.75) is 19.9 Å². The Labute approximate surface area is 126 Å². The second-order valence-corrected chi connectivity index (χ2v) is 5.54. The number of carbonyl (C=O) groups is 1. The van der Waals surface area contributed by atoms with Crippen molar-refractivity contribution in [1.82, 2.24) is 10.2 Å². The van der Waals surface area contributed by atoms with Crippen LogP contribution in [0.2, 0.25) is 0 Å². The van der Waals surface area contributed by atoms with Crippen LogP contribution in [0.4, 0.5) is 0 Å². The Morgan fingerprint density at radius 2 is 2.10 bits per heavy atom. The number of para-hydroxylation sites is 2. The Morgan fingerprint density at radius 3 is 2.76 bits per heavy atom. The number of nitrogens with zero attached hydrogens (tertiary/aromatic N) is 1. The number of hydrogen-bond donors (Lipinski definition) is 1. The van der Waals surface area contributed by atoms with Crippen LogP contribution in [-0.4, -0.2) is 50.2 Å². The Bertz CT molecular complexity index is 476. The average molecular weight is 292 g/mol. The zero-order valence-electron chi connectivity index (χ0n) is 13.0. The van der Waals surface area contributed by atoms with Gasteiger partial charge < -0.3 is 19.7 Å². The van der Waals surface area contributed by atoms with E-state index in [0.717, 1.165) is 19.6 Å². The molecule has 0 radical (unpaired) electrons. The minimum absolute atomic E-state index is 0.0288.